The average Bonchev–Trinajstić information content (AvgIpc) is 2.64. The van der Waals surface area contributed by atoms with E-state index in [2.05, 4.69) is 11.9 Å². The zero-order chi connectivity index (χ0) is 23.9. The number of phosphoric acid groups is 1. The van der Waals surface area contributed by atoms with Gasteiger partial charge in [0.15, 0.2) is 0 Å². The molecule has 0 aliphatic heterocycles. The van der Waals surface area contributed by atoms with Gasteiger partial charge in [-0.2, -0.15) is 0 Å². The third kappa shape index (κ3) is 16.8. The Morgan fingerprint density at radius 3 is 2.39 bits per heavy atom. The maximum absolute atomic E-state index is 12.7. The van der Waals surface area contributed by atoms with E-state index in [1.165, 1.54) is 13.0 Å². The van der Waals surface area contributed by atoms with Gasteiger partial charge < -0.3 is 25.3 Å². The van der Waals surface area contributed by atoms with E-state index in [4.69, 9.17) is 33.5 Å². The summed E-state index contributed by atoms with van der Waals surface area (Å²) in [5, 5.41) is 2.61. The molecule has 0 saturated carbocycles. The smallest absolute Gasteiger partial charge is 0.463 e. The molecule has 3 atom stereocenters. The van der Waals surface area contributed by atoms with Gasteiger partial charge in [0.1, 0.15) is 11.7 Å². The maximum atomic E-state index is 12.7. The van der Waals surface area contributed by atoms with Gasteiger partial charge in [-0.25, -0.2) is 9.36 Å². The molecule has 0 aromatic heterocycles. The van der Waals surface area contributed by atoms with Crippen LogP contribution in [0.15, 0.2) is 12.7 Å². The van der Waals surface area contributed by atoms with E-state index < -0.39 is 25.6 Å². The zero-order valence-corrected chi connectivity index (χ0v) is 20.0. The van der Waals surface area contributed by atoms with Crippen molar-refractivity contribution in [2.24, 2.45) is 5.73 Å². The van der Waals surface area contributed by atoms with Gasteiger partial charge in [0.25, 0.3) is 0 Å². The summed E-state index contributed by atoms with van der Waals surface area (Å²) in [5.41, 5.74) is 4.67. The highest BCUT2D eigenvalue weighted by Crippen LogP contribution is 2.49. The van der Waals surface area contributed by atoms with Gasteiger partial charge in [-0.05, 0) is 27.7 Å². The number of alkyl carbamates (subject to hydrolysis) is 1. The number of hydrogen-bond donors (Lipinski definition) is 2. The predicted octanol–water partition coefficient (Wildman–Crippen LogP) is 2.54. The van der Waals surface area contributed by atoms with E-state index >= 15 is 0 Å². The van der Waals surface area contributed by atoms with Crippen molar-refractivity contribution >= 4 is 19.9 Å². The first-order valence-electron chi connectivity index (χ1n) is 10.00. The number of rotatable bonds is 16. The Kier molecular flexibility index (Phi) is 14.6. The molecule has 182 valence electrons. The number of carbonyl (C=O) groups excluding carboxylic acids is 2. The molecule has 0 aromatic carbocycles. The maximum Gasteiger partial charge on any atom is 0.475 e. The van der Waals surface area contributed by atoms with Crippen LogP contribution in [0.4, 0.5) is 4.79 Å². The monoisotopic (exact) mass is 468 g/mol. The largest absolute Gasteiger partial charge is 0.475 e. The second-order valence-electron chi connectivity index (χ2n) is 7.58. The lowest BCUT2D eigenvalue weighted by atomic mass is 10.2. The topological polar surface area (TPSA) is 145 Å². The summed E-state index contributed by atoms with van der Waals surface area (Å²) in [5.74, 6) is -0.377. The highest BCUT2D eigenvalue weighted by Gasteiger charge is 2.29. The molecule has 0 aliphatic rings. The second kappa shape index (κ2) is 15.3. The molecule has 0 bridgehead atoms. The Labute approximate surface area is 184 Å². The van der Waals surface area contributed by atoms with Crippen molar-refractivity contribution < 1.29 is 41.9 Å². The average molecular weight is 468 g/mol. The molecule has 12 heteroatoms. The minimum absolute atomic E-state index is 0.0182. The minimum atomic E-state index is -3.92. The number of nitrogens with two attached hydrogens (primary N) is 1. The standard InChI is InChI=1S/C19H37N2O9P/c1-7-10-26-31(24,27-12-9-20)28-14-17(21-18(23)30-19(4,5)6)13-25-11-8-15(2)29-16(3)22/h7,15,17H,1,8-14,20H2,2-6H3,(H,21,23)/t15-,17-,31?/m1/s1. The number of amides is 1. The predicted molar refractivity (Wildman–Crippen MR) is 115 cm³/mol. The first-order valence-corrected chi connectivity index (χ1v) is 11.5. The number of phosphoric ester groups is 1. The lowest BCUT2D eigenvalue weighted by Gasteiger charge is -2.25. The summed E-state index contributed by atoms with van der Waals surface area (Å²) in [7, 11) is -3.92. The summed E-state index contributed by atoms with van der Waals surface area (Å²) in [6.07, 6.45) is 0.845. The molecule has 0 heterocycles. The van der Waals surface area contributed by atoms with Gasteiger partial charge in [0.2, 0.25) is 0 Å². The Bertz CT molecular complexity index is 595. The Morgan fingerprint density at radius 2 is 1.84 bits per heavy atom. The van der Waals surface area contributed by atoms with Crippen molar-refractivity contribution in [3.05, 3.63) is 12.7 Å². The van der Waals surface area contributed by atoms with Crippen molar-refractivity contribution in [1.82, 2.24) is 5.32 Å². The van der Waals surface area contributed by atoms with E-state index in [1.807, 2.05) is 0 Å². The highest BCUT2D eigenvalue weighted by molar-refractivity contribution is 7.48. The van der Waals surface area contributed by atoms with Crippen molar-refractivity contribution in [1.29, 1.82) is 0 Å². The van der Waals surface area contributed by atoms with Crippen LogP contribution in [0.3, 0.4) is 0 Å². The fraction of sp³-hybridized carbons (Fsp3) is 0.789. The number of carbonyl (C=O) groups is 2. The van der Waals surface area contributed by atoms with Gasteiger partial charge in [-0.15, -0.1) is 6.58 Å². The highest BCUT2D eigenvalue weighted by atomic mass is 31.2. The molecule has 0 saturated heterocycles. The Hall–Kier alpha value is -1.49. The number of ether oxygens (including phenoxy) is 3. The summed E-state index contributed by atoms with van der Waals surface area (Å²) in [6, 6.07) is -0.721. The van der Waals surface area contributed by atoms with Crippen LogP contribution in [0.1, 0.15) is 41.0 Å². The normalized spacial score (nSPS) is 15.4. The van der Waals surface area contributed by atoms with Crippen LogP contribution in [-0.2, 0) is 37.1 Å². The van der Waals surface area contributed by atoms with Crippen LogP contribution in [0, 0.1) is 0 Å². The van der Waals surface area contributed by atoms with Crippen LogP contribution in [0.25, 0.3) is 0 Å². The summed E-state index contributed by atoms with van der Waals surface area (Å²) >= 11 is 0. The first kappa shape index (κ1) is 29.5. The van der Waals surface area contributed by atoms with Crippen LogP contribution in [0.5, 0.6) is 0 Å². The van der Waals surface area contributed by atoms with Crippen LogP contribution in [-0.4, -0.2) is 69.4 Å². The van der Waals surface area contributed by atoms with E-state index in [0.29, 0.717) is 6.42 Å². The molecule has 0 radical (unpaired) electrons. The Balaban J connectivity index is 4.90. The lowest BCUT2D eigenvalue weighted by molar-refractivity contribution is -0.146. The first-order chi connectivity index (χ1) is 14.4. The second-order valence-corrected chi connectivity index (χ2v) is 9.25. The minimum Gasteiger partial charge on any atom is -0.463 e. The zero-order valence-electron chi connectivity index (χ0n) is 19.1. The molecule has 1 unspecified atom stereocenters. The van der Waals surface area contributed by atoms with Crippen LogP contribution >= 0.6 is 7.82 Å². The van der Waals surface area contributed by atoms with Crippen molar-refractivity contribution in [3.8, 4) is 0 Å². The van der Waals surface area contributed by atoms with E-state index in [-0.39, 0.29) is 51.7 Å². The molecule has 0 rings (SSSR count). The molecule has 11 nitrogen and oxygen atoms in total. The van der Waals surface area contributed by atoms with Crippen molar-refractivity contribution in [2.45, 2.75) is 58.8 Å². The molecule has 0 aliphatic carbocycles. The molecular weight excluding hydrogens is 431 g/mol. The van der Waals surface area contributed by atoms with Crippen LogP contribution in [0.2, 0.25) is 0 Å². The molecule has 31 heavy (non-hydrogen) atoms. The van der Waals surface area contributed by atoms with E-state index in [1.54, 1.807) is 27.7 Å². The number of esters is 1. The molecule has 1 amide bonds. The van der Waals surface area contributed by atoms with Gasteiger partial charge in [-0.1, -0.05) is 6.08 Å². The van der Waals surface area contributed by atoms with Crippen LogP contribution < -0.4 is 11.1 Å². The van der Waals surface area contributed by atoms with Gasteiger partial charge >= 0.3 is 19.9 Å². The Morgan fingerprint density at radius 1 is 1.16 bits per heavy atom. The molecule has 0 spiro atoms. The van der Waals surface area contributed by atoms with E-state index in [9.17, 15) is 14.2 Å². The van der Waals surface area contributed by atoms with Gasteiger partial charge in [0.05, 0.1) is 39.1 Å². The molecule has 3 N–H and O–H groups in total. The lowest BCUT2D eigenvalue weighted by Crippen LogP contribution is -2.44. The summed E-state index contributed by atoms with van der Waals surface area (Å²) in [4.78, 5) is 23.1. The van der Waals surface area contributed by atoms with Crippen molar-refractivity contribution in [3.63, 3.8) is 0 Å². The third-order valence-corrected chi connectivity index (χ3v) is 4.66. The number of nitrogens with one attached hydrogen (secondary N) is 1. The van der Waals surface area contributed by atoms with Gasteiger partial charge in [-0.3, -0.25) is 18.4 Å². The molecular formula is C19H37N2O9P. The fourth-order valence-electron chi connectivity index (χ4n) is 2.02. The summed E-state index contributed by atoms with van der Waals surface area (Å²) < 4.78 is 44.1. The number of hydrogen-bond acceptors (Lipinski definition) is 10. The third-order valence-electron chi connectivity index (χ3n) is 3.23. The van der Waals surface area contributed by atoms with Crippen molar-refractivity contribution in [2.75, 3.05) is 39.6 Å². The van der Waals surface area contributed by atoms with E-state index in [0.717, 1.165) is 0 Å². The van der Waals surface area contributed by atoms with Gasteiger partial charge in [0, 0.05) is 19.9 Å². The quantitative estimate of drug-likeness (QED) is 0.150. The summed E-state index contributed by atoms with van der Waals surface area (Å²) in [6.45, 7) is 11.8. The fourth-order valence-corrected chi connectivity index (χ4v) is 3.23. The molecule has 0 aromatic rings. The SMILES string of the molecule is C=CCOP(=O)(OCCN)OC[C@@H](COCC[C@@H](C)OC(C)=O)NC(=O)OC(C)(C)C. The molecule has 0 fully saturated rings.